The van der Waals surface area contributed by atoms with E-state index in [1.165, 1.54) is 20.0 Å². The van der Waals surface area contributed by atoms with Crippen molar-refractivity contribution < 1.29 is 9.53 Å². The molecular formula is C14H20N2O2. The van der Waals surface area contributed by atoms with Gasteiger partial charge in [0.2, 0.25) is 0 Å². The van der Waals surface area contributed by atoms with Crippen molar-refractivity contribution >= 4 is 11.8 Å². The number of nitrogens with zero attached hydrogens (tertiary/aromatic N) is 2. The molecule has 1 unspecified atom stereocenters. The van der Waals surface area contributed by atoms with E-state index in [1.54, 1.807) is 0 Å². The van der Waals surface area contributed by atoms with Crippen LogP contribution in [0, 0.1) is 12.8 Å². The number of rotatable bonds is 3. The molecule has 1 fully saturated rings. The average molecular weight is 248 g/mol. The highest BCUT2D eigenvalue weighted by atomic mass is 16.5. The van der Waals surface area contributed by atoms with Crippen LogP contribution in [0.3, 0.4) is 0 Å². The first-order valence-corrected chi connectivity index (χ1v) is 6.46. The number of aromatic nitrogens is 1. The van der Waals surface area contributed by atoms with Gasteiger partial charge in [0.25, 0.3) is 0 Å². The van der Waals surface area contributed by atoms with Crippen molar-refractivity contribution in [1.29, 1.82) is 0 Å². The molecular weight excluding hydrogens is 228 g/mol. The maximum absolute atomic E-state index is 11.5. The summed E-state index contributed by atoms with van der Waals surface area (Å²) in [7, 11) is 1.39. The summed E-state index contributed by atoms with van der Waals surface area (Å²) < 4.78 is 4.72. The van der Waals surface area contributed by atoms with Crippen molar-refractivity contribution in [3.8, 4) is 0 Å². The summed E-state index contributed by atoms with van der Waals surface area (Å²) in [5.41, 5.74) is 1.28. The second-order valence-corrected chi connectivity index (χ2v) is 4.80. The lowest BCUT2D eigenvalue weighted by molar-refractivity contribution is 0.0599. The van der Waals surface area contributed by atoms with Crippen LogP contribution < -0.4 is 4.90 Å². The molecule has 0 bridgehead atoms. The monoisotopic (exact) mass is 248 g/mol. The number of hydrogen-bond donors (Lipinski definition) is 0. The van der Waals surface area contributed by atoms with Crippen LogP contribution in [0.15, 0.2) is 12.1 Å². The summed E-state index contributed by atoms with van der Waals surface area (Å²) in [4.78, 5) is 18.3. The third-order valence-electron chi connectivity index (χ3n) is 3.66. The Hall–Kier alpha value is -1.58. The molecule has 0 N–H and O–H groups in total. The van der Waals surface area contributed by atoms with Crippen LogP contribution in [-0.4, -0.2) is 31.2 Å². The molecule has 1 aromatic rings. The van der Waals surface area contributed by atoms with Crippen molar-refractivity contribution in [3.05, 3.63) is 23.4 Å². The topological polar surface area (TPSA) is 42.4 Å². The molecule has 1 aliphatic heterocycles. The van der Waals surface area contributed by atoms with Gasteiger partial charge in [0, 0.05) is 13.1 Å². The quantitative estimate of drug-likeness (QED) is 0.770. The van der Waals surface area contributed by atoms with E-state index in [0.29, 0.717) is 5.56 Å². The standard InChI is InChI=1S/C14H20N2O2/c1-4-11-7-8-16(9-11)13-6-5-12(10(2)15-13)14(17)18-3/h5-6,11H,4,7-9H2,1-3H3. The molecule has 0 amide bonds. The maximum Gasteiger partial charge on any atom is 0.339 e. The van der Waals surface area contributed by atoms with Crippen LogP contribution in [-0.2, 0) is 4.74 Å². The molecule has 18 heavy (non-hydrogen) atoms. The molecule has 0 radical (unpaired) electrons. The van der Waals surface area contributed by atoms with E-state index in [4.69, 9.17) is 4.74 Å². The lowest BCUT2D eigenvalue weighted by Gasteiger charge is -2.18. The fraction of sp³-hybridized carbons (Fsp3) is 0.571. The van der Waals surface area contributed by atoms with Gasteiger partial charge in [-0.1, -0.05) is 13.3 Å². The summed E-state index contributed by atoms with van der Waals surface area (Å²) in [6, 6.07) is 3.72. The highest BCUT2D eigenvalue weighted by molar-refractivity contribution is 5.90. The highest BCUT2D eigenvalue weighted by Crippen LogP contribution is 2.25. The van der Waals surface area contributed by atoms with Crippen LogP contribution in [0.25, 0.3) is 0 Å². The minimum Gasteiger partial charge on any atom is -0.465 e. The first kappa shape index (κ1) is 12.9. The Kier molecular flexibility index (Phi) is 3.84. The van der Waals surface area contributed by atoms with E-state index in [2.05, 4.69) is 16.8 Å². The van der Waals surface area contributed by atoms with Gasteiger partial charge in [-0.3, -0.25) is 0 Å². The molecule has 4 nitrogen and oxygen atoms in total. The van der Waals surface area contributed by atoms with Crippen LogP contribution in [0.5, 0.6) is 0 Å². The molecule has 1 aromatic heterocycles. The van der Waals surface area contributed by atoms with Crippen molar-refractivity contribution in [2.75, 3.05) is 25.1 Å². The first-order valence-electron chi connectivity index (χ1n) is 6.46. The lowest BCUT2D eigenvalue weighted by atomic mass is 10.1. The SMILES string of the molecule is CCC1CCN(c2ccc(C(=O)OC)c(C)n2)C1. The zero-order valence-electron chi connectivity index (χ0n) is 11.3. The fourth-order valence-corrected chi connectivity index (χ4v) is 2.42. The zero-order chi connectivity index (χ0) is 13.1. The van der Waals surface area contributed by atoms with E-state index in [-0.39, 0.29) is 5.97 Å². The van der Waals surface area contributed by atoms with E-state index in [9.17, 15) is 4.79 Å². The summed E-state index contributed by atoms with van der Waals surface area (Å²) in [5.74, 6) is 1.42. The number of hydrogen-bond acceptors (Lipinski definition) is 4. The molecule has 1 aliphatic rings. The van der Waals surface area contributed by atoms with Crippen LogP contribution in [0.4, 0.5) is 5.82 Å². The Bertz CT molecular complexity index is 445. The van der Waals surface area contributed by atoms with Gasteiger partial charge in [-0.05, 0) is 31.4 Å². The number of anilines is 1. The molecule has 1 atom stereocenters. The molecule has 98 valence electrons. The number of carbonyl (C=O) groups is 1. The Morgan fingerprint density at radius 3 is 2.89 bits per heavy atom. The second-order valence-electron chi connectivity index (χ2n) is 4.80. The number of ether oxygens (including phenoxy) is 1. The number of carbonyl (C=O) groups excluding carboxylic acids is 1. The Morgan fingerprint density at radius 2 is 2.33 bits per heavy atom. The molecule has 0 aliphatic carbocycles. The fourth-order valence-electron chi connectivity index (χ4n) is 2.42. The number of esters is 1. The molecule has 2 heterocycles. The number of aryl methyl sites for hydroxylation is 1. The Labute approximate surface area is 108 Å². The summed E-state index contributed by atoms with van der Waals surface area (Å²) >= 11 is 0. The van der Waals surface area contributed by atoms with Crippen LogP contribution in [0.1, 0.15) is 35.8 Å². The predicted octanol–water partition coefficient (Wildman–Crippen LogP) is 2.41. The normalized spacial score (nSPS) is 19.1. The van der Waals surface area contributed by atoms with Crippen LogP contribution in [0.2, 0.25) is 0 Å². The zero-order valence-corrected chi connectivity index (χ0v) is 11.3. The van der Waals surface area contributed by atoms with E-state index in [1.807, 2.05) is 19.1 Å². The summed E-state index contributed by atoms with van der Waals surface area (Å²) in [6.45, 7) is 6.21. The van der Waals surface area contributed by atoms with Gasteiger partial charge in [0.1, 0.15) is 5.82 Å². The highest BCUT2D eigenvalue weighted by Gasteiger charge is 2.22. The summed E-state index contributed by atoms with van der Waals surface area (Å²) in [6.07, 6.45) is 2.45. The van der Waals surface area contributed by atoms with Crippen molar-refractivity contribution in [2.24, 2.45) is 5.92 Å². The molecule has 1 saturated heterocycles. The van der Waals surface area contributed by atoms with Gasteiger partial charge in [0.15, 0.2) is 0 Å². The average Bonchev–Trinajstić information content (AvgIpc) is 2.86. The van der Waals surface area contributed by atoms with Crippen molar-refractivity contribution in [3.63, 3.8) is 0 Å². The first-order chi connectivity index (χ1) is 8.65. The predicted molar refractivity (Wildman–Crippen MR) is 70.9 cm³/mol. The molecule has 2 rings (SSSR count). The molecule has 4 heteroatoms. The van der Waals surface area contributed by atoms with Crippen LogP contribution >= 0.6 is 0 Å². The Morgan fingerprint density at radius 1 is 1.56 bits per heavy atom. The van der Waals surface area contributed by atoms with Gasteiger partial charge in [-0.15, -0.1) is 0 Å². The number of pyridine rings is 1. The molecule has 0 spiro atoms. The minimum absolute atomic E-state index is 0.320. The molecule has 0 aromatic carbocycles. The van der Waals surface area contributed by atoms with Gasteiger partial charge in [-0.2, -0.15) is 0 Å². The van der Waals surface area contributed by atoms with Gasteiger partial charge < -0.3 is 9.64 Å². The minimum atomic E-state index is -0.320. The second kappa shape index (κ2) is 5.38. The third kappa shape index (κ3) is 2.47. The van der Waals surface area contributed by atoms with E-state index >= 15 is 0 Å². The van der Waals surface area contributed by atoms with Gasteiger partial charge in [0.05, 0.1) is 18.4 Å². The third-order valence-corrected chi connectivity index (χ3v) is 3.66. The smallest absolute Gasteiger partial charge is 0.339 e. The van der Waals surface area contributed by atoms with Crippen molar-refractivity contribution in [1.82, 2.24) is 4.98 Å². The van der Waals surface area contributed by atoms with Crippen molar-refractivity contribution in [2.45, 2.75) is 26.7 Å². The maximum atomic E-state index is 11.5. The van der Waals surface area contributed by atoms with Gasteiger partial charge in [-0.25, -0.2) is 9.78 Å². The summed E-state index contributed by atoms with van der Waals surface area (Å²) in [5, 5.41) is 0. The Balaban J connectivity index is 2.17. The number of methoxy groups -OCH3 is 1. The van der Waals surface area contributed by atoms with E-state index < -0.39 is 0 Å². The lowest BCUT2D eigenvalue weighted by Crippen LogP contribution is -2.21. The largest absolute Gasteiger partial charge is 0.465 e. The van der Waals surface area contributed by atoms with E-state index in [0.717, 1.165) is 30.5 Å². The van der Waals surface area contributed by atoms with Gasteiger partial charge >= 0.3 is 5.97 Å². The molecule has 0 saturated carbocycles.